The molecule has 3 aromatic carbocycles. The van der Waals surface area contributed by atoms with Gasteiger partial charge < -0.3 is 53.6 Å². The monoisotopic (exact) mass is 1120 g/mol. The number of nitrogen functional groups attached to an aromatic ring is 1. The number of amides is 2. The molecule has 76 heavy (non-hydrogen) atoms. The number of quaternary nitrogens is 1. The fraction of sp³-hybridized carbons (Fsp3) is 0.453. The first kappa shape index (κ1) is 57.8. The molecule has 2 amide bonds. The molecule has 4 aromatic rings. The van der Waals surface area contributed by atoms with Crippen molar-refractivity contribution in [1.82, 2.24) is 15.2 Å². The average molecular weight is 1120 g/mol. The number of ketones is 1. The lowest BCUT2D eigenvalue weighted by molar-refractivity contribution is -0.910. The number of benzene rings is 3. The number of oxime groups is 1. The number of anilines is 1. The van der Waals surface area contributed by atoms with E-state index in [0.717, 1.165) is 58.6 Å². The Morgan fingerprint density at radius 3 is 2.20 bits per heavy atom. The summed E-state index contributed by atoms with van der Waals surface area (Å²) in [5.41, 5.74) is 5.45. The van der Waals surface area contributed by atoms with Gasteiger partial charge in [-0.3, -0.25) is 19.2 Å². The maximum absolute atomic E-state index is 13.9. The van der Waals surface area contributed by atoms with Gasteiger partial charge in [-0.1, -0.05) is 47.1 Å². The highest BCUT2D eigenvalue weighted by molar-refractivity contribution is 8.20. The summed E-state index contributed by atoms with van der Waals surface area (Å²) < 4.78 is 32.8. The van der Waals surface area contributed by atoms with Crippen LogP contribution in [-0.4, -0.2) is 138 Å². The first-order valence-electron chi connectivity index (χ1n) is 24.6. The van der Waals surface area contributed by atoms with E-state index in [1.54, 1.807) is 52.0 Å². The summed E-state index contributed by atoms with van der Waals surface area (Å²) in [5, 5.41) is 8.46. The van der Waals surface area contributed by atoms with E-state index in [4.69, 9.17) is 58.6 Å². The van der Waals surface area contributed by atoms with Gasteiger partial charge in [-0.05, 0) is 88.2 Å². The predicted molar refractivity (Wildman–Crippen MR) is 294 cm³/mol. The number of thioether (sulfide) groups is 2. The number of carbonyl (C=O) groups is 5. The zero-order valence-electron chi connectivity index (χ0n) is 43.6. The first-order chi connectivity index (χ1) is 36.2. The molecule has 1 aromatic heterocycles. The highest BCUT2D eigenvalue weighted by Crippen LogP contribution is 2.56. The normalized spacial score (nSPS) is 19.1. The third-order valence-corrected chi connectivity index (χ3v) is 17.2. The third-order valence-electron chi connectivity index (χ3n) is 12.9. The van der Waals surface area contributed by atoms with Gasteiger partial charge in [0.25, 0.3) is 5.91 Å². The number of carbonyl (C=O) groups excluding carboxylic acids is 5. The van der Waals surface area contributed by atoms with Crippen LogP contribution in [0.15, 0.2) is 83.4 Å². The number of ether oxygens (including phenoxy) is 5. The second-order valence-electron chi connectivity index (χ2n) is 19.9. The number of Topliss-reactive ketones (excluding diaryl/α,β-unsaturated/α-hetero) is 1. The van der Waals surface area contributed by atoms with Gasteiger partial charge in [0, 0.05) is 30.4 Å². The van der Waals surface area contributed by atoms with Crippen molar-refractivity contribution in [3.63, 3.8) is 0 Å². The smallest absolute Gasteiger partial charge is 0.378 e. The maximum atomic E-state index is 13.9. The van der Waals surface area contributed by atoms with Gasteiger partial charge in [-0.2, -0.15) is 0 Å². The van der Waals surface area contributed by atoms with Crippen LogP contribution in [-0.2, 0) is 46.6 Å². The van der Waals surface area contributed by atoms with Crippen molar-refractivity contribution in [1.29, 1.82) is 0 Å². The highest BCUT2D eigenvalue weighted by atomic mass is 35.5. The molecule has 23 heteroatoms. The van der Waals surface area contributed by atoms with E-state index in [0.29, 0.717) is 36.9 Å². The number of nitrogens with two attached hydrogens (primary N) is 1. The molecule has 3 aliphatic heterocycles. The molecule has 3 saturated heterocycles. The SMILES string of the molecule is [B]OC(=O)[C@@]1(SC/C=C/C[N+]2(CCNC(=O)c3ccc(OCc4ccc(OC)cc4)c(OCc4ccc(OC)cc4)c3Cl)CCCC2)CN2C(=O)[C@@H](CC(=O)/C(=N\OC(C)(C)C(=O)OC(C)(C)C)c3csc(N)n3)C2S1. The van der Waals surface area contributed by atoms with Crippen molar-refractivity contribution in [3.8, 4) is 23.0 Å². The summed E-state index contributed by atoms with van der Waals surface area (Å²) in [6.45, 7) is 12.1. The molecule has 3 N–H and O–H groups in total. The Labute approximate surface area is 461 Å². The Bertz CT molecular complexity index is 2800. The molecule has 4 heterocycles. The Morgan fingerprint density at radius 2 is 1.61 bits per heavy atom. The summed E-state index contributed by atoms with van der Waals surface area (Å²) in [5.74, 6) is -0.978. The molecule has 1 unspecified atom stereocenters. The van der Waals surface area contributed by atoms with Crippen molar-refractivity contribution in [2.45, 2.75) is 87.7 Å². The van der Waals surface area contributed by atoms with Crippen LogP contribution in [0, 0.1) is 5.92 Å². The molecule has 0 saturated carbocycles. The quantitative estimate of drug-likeness (QED) is 0.0125. The fourth-order valence-corrected chi connectivity index (χ4v) is 12.6. The lowest BCUT2D eigenvalue weighted by Crippen LogP contribution is -2.57. The van der Waals surface area contributed by atoms with Crippen LogP contribution in [0.25, 0.3) is 0 Å². The number of halogens is 1. The van der Waals surface area contributed by atoms with Crippen molar-refractivity contribution in [3.05, 3.63) is 106 Å². The first-order valence-corrected chi connectivity index (χ1v) is 27.7. The zero-order valence-corrected chi connectivity index (χ0v) is 46.8. The molecule has 404 valence electrons. The number of aromatic nitrogens is 1. The Hall–Kier alpha value is -5.94. The Balaban J connectivity index is 0.953. The lowest BCUT2D eigenvalue weighted by atomic mass is 9.90. The van der Waals surface area contributed by atoms with E-state index in [9.17, 15) is 24.0 Å². The van der Waals surface area contributed by atoms with E-state index in [1.165, 1.54) is 42.8 Å². The number of esters is 1. The van der Waals surface area contributed by atoms with E-state index in [2.05, 4.69) is 21.5 Å². The standard InChI is InChI=1S/C53H62BClN6O12S3/c1-51(2,3)71-48(65)52(4,5)73-59-43(39-31-74-50(56)58-39)40(62)28-38-46(64)60-32-53(49(66)72-54,76-47(38)60)75-27-11-10-25-61(23-8-9-24-61)26-22-57-45(63)37-20-21-41(69-29-33-12-16-35(67-6)17-13-33)44(42(37)55)70-30-34-14-18-36(68-7)19-15-34/h10-21,31,38,47H,8-9,22-30,32H2,1-7H3,(H2-,56,57,58,63)/p+1/b11-10+,59-43-/t38-,47?,53-/m1/s1. The second-order valence-corrected chi connectivity index (χ2v) is 24.2. The molecule has 0 spiro atoms. The number of nitrogens with zero attached hydrogens (tertiary/aromatic N) is 4. The van der Waals surface area contributed by atoms with Gasteiger partial charge in [0.2, 0.25) is 11.5 Å². The number of hydrogen-bond donors (Lipinski definition) is 2. The number of fused-ring (bicyclic) bond motifs is 1. The lowest BCUT2D eigenvalue weighted by Gasteiger charge is -2.41. The second kappa shape index (κ2) is 25.0. The van der Waals surface area contributed by atoms with Crippen LogP contribution in [0.2, 0.25) is 5.02 Å². The van der Waals surface area contributed by atoms with Gasteiger partial charge in [0.05, 0.1) is 75.4 Å². The fourth-order valence-electron chi connectivity index (χ4n) is 8.70. The number of likely N-dealkylation sites (tertiary alicyclic amines) is 1. The van der Waals surface area contributed by atoms with Crippen LogP contribution >= 0.6 is 46.5 Å². The molecule has 7 rings (SSSR count). The number of rotatable bonds is 25. The number of β-lactam (4-membered cyclic amide) rings is 1. The molecular weight excluding hydrogens is 1060 g/mol. The maximum Gasteiger partial charge on any atom is 0.378 e. The van der Waals surface area contributed by atoms with Crippen molar-refractivity contribution in [2.75, 3.05) is 65.0 Å². The van der Waals surface area contributed by atoms with Gasteiger partial charge in [0.1, 0.15) is 36.0 Å². The van der Waals surface area contributed by atoms with Gasteiger partial charge >= 0.3 is 20.0 Å². The van der Waals surface area contributed by atoms with Crippen LogP contribution in [0.1, 0.15) is 81.1 Å². The van der Waals surface area contributed by atoms with E-state index < -0.39 is 44.3 Å². The molecule has 0 aliphatic carbocycles. The van der Waals surface area contributed by atoms with Gasteiger partial charge in [-0.25, -0.2) is 9.78 Å². The van der Waals surface area contributed by atoms with Gasteiger partial charge in [-0.15, -0.1) is 34.9 Å². The number of thiazole rings is 1. The highest BCUT2D eigenvalue weighted by Gasteiger charge is 2.62. The Kier molecular flexibility index (Phi) is 19.0. The minimum Gasteiger partial charge on any atom is -0.542 e. The van der Waals surface area contributed by atoms with Crippen molar-refractivity contribution >= 4 is 94.9 Å². The average Bonchev–Trinajstić information content (AvgIpc) is 4.15. The molecule has 3 aliphatic rings. The van der Waals surface area contributed by atoms with E-state index in [-0.39, 0.29) is 70.9 Å². The number of methoxy groups -OCH3 is 2. The van der Waals surface area contributed by atoms with Crippen molar-refractivity contribution in [2.24, 2.45) is 11.1 Å². The zero-order chi connectivity index (χ0) is 54.8. The summed E-state index contributed by atoms with van der Waals surface area (Å²) in [6.07, 6.45) is 5.86. The number of hydrogen-bond acceptors (Lipinski definition) is 18. The molecule has 0 bridgehead atoms. The molecule has 3 fully saturated rings. The molecule has 3 atom stereocenters. The van der Waals surface area contributed by atoms with Crippen LogP contribution in [0.3, 0.4) is 0 Å². The summed E-state index contributed by atoms with van der Waals surface area (Å²) in [4.78, 5) is 79.0. The predicted octanol–water partition coefficient (Wildman–Crippen LogP) is 7.54. The summed E-state index contributed by atoms with van der Waals surface area (Å²) >= 11 is 10.6. The summed E-state index contributed by atoms with van der Waals surface area (Å²) in [6, 6.07) is 18.3. The van der Waals surface area contributed by atoms with Crippen LogP contribution in [0.4, 0.5) is 5.13 Å². The Morgan fingerprint density at radius 1 is 0.961 bits per heavy atom. The van der Waals surface area contributed by atoms with Crippen LogP contribution in [0.5, 0.6) is 23.0 Å². The third kappa shape index (κ3) is 14.2. The molecule has 18 nitrogen and oxygen atoms in total. The van der Waals surface area contributed by atoms with Gasteiger partial charge in [0.15, 0.2) is 32.2 Å². The van der Waals surface area contributed by atoms with Crippen LogP contribution < -0.4 is 30.0 Å². The van der Waals surface area contributed by atoms with E-state index in [1.807, 2.05) is 54.6 Å². The summed E-state index contributed by atoms with van der Waals surface area (Å²) in [7, 11) is 8.69. The van der Waals surface area contributed by atoms with E-state index >= 15 is 0 Å². The minimum absolute atomic E-state index is 0.0244. The number of nitrogens with one attached hydrogen (secondary N) is 1. The topological polar surface area (TPSA) is 216 Å². The molecule has 2 radical (unpaired) electrons. The minimum atomic E-state index is -1.57. The van der Waals surface area contributed by atoms with Crippen molar-refractivity contribution < 1.29 is 61.6 Å². The largest absolute Gasteiger partial charge is 0.542 e. The molecular formula is C53H63BClN6O12S3+.